The van der Waals surface area contributed by atoms with Crippen LogP contribution in [0.1, 0.15) is 15.9 Å². The van der Waals surface area contributed by atoms with Crippen molar-refractivity contribution in [3.05, 3.63) is 47.5 Å². The second-order valence-corrected chi connectivity index (χ2v) is 5.14. The number of hydrogen-bond acceptors (Lipinski definition) is 5. The number of ether oxygens (including phenoxy) is 4. The van der Waals surface area contributed by atoms with E-state index in [4.69, 9.17) is 4.74 Å². The van der Waals surface area contributed by atoms with Gasteiger partial charge in [-0.2, -0.15) is 0 Å². The lowest BCUT2D eigenvalue weighted by atomic mass is 10.2. The molecule has 1 aliphatic heterocycles. The van der Waals surface area contributed by atoms with Gasteiger partial charge in [-0.05, 0) is 29.8 Å². The fourth-order valence-corrected chi connectivity index (χ4v) is 2.19. The molecule has 10 heteroatoms. The molecule has 0 N–H and O–H groups in total. The number of carbonyl (C=O) groups excluding carboxylic acids is 1. The van der Waals surface area contributed by atoms with Gasteiger partial charge in [0, 0.05) is 11.6 Å². The molecule has 5 nitrogen and oxygen atoms in total. The molecular weight excluding hydrogens is 367 g/mol. The second-order valence-electron chi connectivity index (χ2n) is 5.14. The van der Waals surface area contributed by atoms with Crippen molar-refractivity contribution in [3.63, 3.8) is 0 Å². The summed E-state index contributed by atoms with van der Waals surface area (Å²) in [5, 5.41) is 0. The Morgan fingerprint density at radius 2 is 1.69 bits per heavy atom. The third kappa shape index (κ3) is 4.32. The van der Waals surface area contributed by atoms with E-state index in [-0.39, 0.29) is 29.4 Å². The van der Waals surface area contributed by atoms with Gasteiger partial charge in [0.2, 0.25) is 0 Å². The van der Waals surface area contributed by atoms with Crippen LogP contribution in [0.4, 0.5) is 22.0 Å². The summed E-state index contributed by atoms with van der Waals surface area (Å²) in [6.07, 6.45) is -8.36. The summed E-state index contributed by atoms with van der Waals surface area (Å²) in [6.45, 7) is -0.185. The van der Waals surface area contributed by atoms with Crippen molar-refractivity contribution in [1.82, 2.24) is 0 Å². The van der Waals surface area contributed by atoms with Crippen molar-refractivity contribution in [2.24, 2.45) is 0 Å². The van der Waals surface area contributed by atoms with Gasteiger partial charge in [-0.15, -0.1) is 22.0 Å². The van der Waals surface area contributed by atoms with Crippen LogP contribution in [0.15, 0.2) is 36.4 Å². The number of hydrogen-bond donors (Lipinski definition) is 0. The van der Waals surface area contributed by atoms with Gasteiger partial charge in [0.05, 0.1) is 0 Å². The number of carbonyl (C=O) groups is 1. The summed E-state index contributed by atoms with van der Waals surface area (Å²) in [5.41, 5.74) is 0.298. The smallest absolute Gasteiger partial charge is 0.489 e. The zero-order valence-electron chi connectivity index (χ0n) is 12.7. The minimum Gasteiger partial charge on any atom is -0.489 e. The lowest BCUT2D eigenvalue weighted by molar-refractivity contribution is -0.286. The van der Waals surface area contributed by atoms with E-state index in [0.29, 0.717) is 11.8 Å². The monoisotopic (exact) mass is 376 g/mol. The highest BCUT2D eigenvalue weighted by atomic mass is 19.4. The van der Waals surface area contributed by atoms with E-state index >= 15 is 0 Å². The standard InChI is InChI=1S/C16H9F5O5/c17-15(18,19)24-12-4-10(7-22)3-11(6-12)23-8-9-1-2-13-14(5-9)26-16(20,21)25-13/h1-7H,8H2. The van der Waals surface area contributed by atoms with Gasteiger partial charge in [-0.3, -0.25) is 4.79 Å². The van der Waals surface area contributed by atoms with E-state index in [1.165, 1.54) is 24.3 Å². The molecule has 1 heterocycles. The van der Waals surface area contributed by atoms with Gasteiger partial charge >= 0.3 is 12.7 Å². The van der Waals surface area contributed by atoms with Crippen molar-refractivity contribution in [1.29, 1.82) is 0 Å². The molecule has 0 unspecified atom stereocenters. The first-order chi connectivity index (χ1) is 12.1. The Hall–Kier alpha value is -3.04. The van der Waals surface area contributed by atoms with E-state index in [9.17, 15) is 26.7 Å². The van der Waals surface area contributed by atoms with Crippen molar-refractivity contribution in [3.8, 4) is 23.0 Å². The molecule has 0 fully saturated rings. The molecule has 3 rings (SSSR count). The summed E-state index contributed by atoms with van der Waals surface area (Å²) >= 11 is 0. The normalized spacial score (nSPS) is 14.8. The highest BCUT2D eigenvalue weighted by Gasteiger charge is 2.43. The molecule has 0 saturated carbocycles. The third-order valence-corrected chi connectivity index (χ3v) is 3.14. The predicted octanol–water partition coefficient (Wildman–Crippen LogP) is 4.30. The van der Waals surface area contributed by atoms with Crippen molar-refractivity contribution in [2.75, 3.05) is 0 Å². The predicted molar refractivity (Wildman–Crippen MR) is 75.5 cm³/mol. The summed E-state index contributed by atoms with van der Waals surface area (Å²) in [6, 6.07) is 6.96. The first-order valence-electron chi connectivity index (χ1n) is 7.01. The Morgan fingerprint density at radius 1 is 1.00 bits per heavy atom. The number of aldehydes is 1. The van der Waals surface area contributed by atoms with Crippen LogP contribution in [0.25, 0.3) is 0 Å². The molecule has 0 atom stereocenters. The molecule has 1 aliphatic rings. The van der Waals surface area contributed by atoms with E-state index in [2.05, 4.69) is 14.2 Å². The average molecular weight is 376 g/mol. The van der Waals surface area contributed by atoms with E-state index in [0.717, 1.165) is 12.1 Å². The summed E-state index contributed by atoms with van der Waals surface area (Å²) in [7, 11) is 0. The van der Waals surface area contributed by atoms with Crippen LogP contribution in [-0.2, 0) is 6.61 Å². The van der Waals surface area contributed by atoms with Crippen LogP contribution in [0.3, 0.4) is 0 Å². The Kier molecular flexibility index (Phi) is 4.34. The van der Waals surface area contributed by atoms with Gasteiger partial charge in [0.15, 0.2) is 11.5 Å². The largest absolute Gasteiger partial charge is 0.586 e. The number of rotatable bonds is 5. The van der Waals surface area contributed by atoms with E-state index in [1.54, 1.807) is 0 Å². The van der Waals surface area contributed by atoms with Gasteiger partial charge < -0.3 is 18.9 Å². The Balaban J connectivity index is 1.74. The molecule has 2 aromatic carbocycles. The van der Waals surface area contributed by atoms with Crippen LogP contribution in [-0.4, -0.2) is 18.9 Å². The van der Waals surface area contributed by atoms with Gasteiger partial charge in [0.25, 0.3) is 0 Å². The minimum absolute atomic E-state index is 0.0724. The maximum atomic E-state index is 13.0. The quantitative estimate of drug-likeness (QED) is 0.575. The first-order valence-corrected chi connectivity index (χ1v) is 7.01. The fraction of sp³-hybridized carbons (Fsp3) is 0.188. The number of alkyl halides is 5. The zero-order chi connectivity index (χ0) is 18.9. The average Bonchev–Trinajstić information content (AvgIpc) is 2.84. The maximum absolute atomic E-state index is 13.0. The van der Waals surface area contributed by atoms with Crippen molar-refractivity contribution >= 4 is 6.29 Å². The Morgan fingerprint density at radius 3 is 2.38 bits per heavy atom. The van der Waals surface area contributed by atoms with Crippen LogP contribution in [0, 0.1) is 0 Å². The second kappa shape index (κ2) is 6.36. The topological polar surface area (TPSA) is 54.0 Å². The highest BCUT2D eigenvalue weighted by molar-refractivity contribution is 5.76. The highest BCUT2D eigenvalue weighted by Crippen LogP contribution is 2.41. The number of halogens is 5. The SMILES string of the molecule is O=Cc1cc(OCc2ccc3c(c2)OC(F)(F)O3)cc(OC(F)(F)F)c1. The van der Waals surface area contributed by atoms with Gasteiger partial charge in [-0.25, -0.2) is 0 Å². The lowest BCUT2D eigenvalue weighted by Crippen LogP contribution is -2.25. The summed E-state index contributed by atoms with van der Waals surface area (Å²) in [4.78, 5) is 10.8. The fourth-order valence-electron chi connectivity index (χ4n) is 2.19. The molecule has 0 amide bonds. The van der Waals surface area contributed by atoms with Crippen LogP contribution < -0.4 is 18.9 Å². The summed E-state index contributed by atoms with van der Waals surface area (Å²) < 4.78 is 80.5. The number of fused-ring (bicyclic) bond motifs is 1. The van der Waals surface area contributed by atoms with Crippen LogP contribution in [0.5, 0.6) is 23.0 Å². The molecule has 2 aromatic rings. The first kappa shape index (κ1) is 17.8. The van der Waals surface area contributed by atoms with Gasteiger partial charge in [0.1, 0.15) is 24.4 Å². The third-order valence-electron chi connectivity index (χ3n) is 3.14. The molecule has 26 heavy (non-hydrogen) atoms. The molecule has 0 saturated heterocycles. The number of benzene rings is 2. The molecular formula is C16H9F5O5. The molecule has 0 aromatic heterocycles. The Bertz CT molecular complexity index is 834. The minimum atomic E-state index is -4.93. The van der Waals surface area contributed by atoms with Gasteiger partial charge in [-0.1, -0.05) is 6.07 Å². The van der Waals surface area contributed by atoms with E-state index in [1.807, 2.05) is 0 Å². The summed E-state index contributed by atoms with van der Waals surface area (Å²) in [5.74, 6) is -1.04. The molecule has 0 bridgehead atoms. The molecule has 0 spiro atoms. The van der Waals surface area contributed by atoms with Crippen LogP contribution >= 0.6 is 0 Å². The molecule has 0 aliphatic carbocycles. The zero-order valence-corrected chi connectivity index (χ0v) is 12.7. The van der Waals surface area contributed by atoms with Crippen molar-refractivity contribution < 1.29 is 45.7 Å². The van der Waals surface area contributed by atoms with Crippen LogP contribution in [0.2, 0.25) is 0 Å². The molecule has 0 radical (unpaired) electrons. The molecule has 138 valence electrons. The lowest BCUT2D eigenvalue weighted by Gasteiger charge is -2.12. The maximum Gasteiger partial charge on any atom is 0.586 e. The van der Waals surface area contributed by atoms with E-state index < -0.39 is 18.4 Å². The Labute approximate surface area is 142 Å². The van der Waals surface area contributed by atoms with Crippen molar-refractivity contribution in [2.45, 2.75) is 19.3 Å².